The fourth-order valence-corrected chi connectivity index (χ4v) is 18.7. The van der Waals surface area contributed by atoms with E-state index >= 15 is 0 Å². The zero-order valence-corrected chi connectivity index (χ0v) is 78.8. The van der Waals surface area contributed by atoms with E-state index in [2.05, 4.69) is 403 Å². The van der Waals surface area contributed by atoms with E-state index in [1.165, 1.54) is 164 Å². The molecular weight excluding hydrogens is 1610 g/mol. The summed E-state index contributed by atoms with van der Waals surface area (Å²) < 4.78 is 66.4. The molecule has 0 amide bonds. The van der Waals surface area contributed by atoms with Gasteiger partial charge in [0, 0.05) is 131 Å². The molecule has 14 rings (SSSR count). The topological polar surface area (TPSA) is 176 Å². The smallest absolute Gasteiger partial charge is 0.206 e. The van der Waals surface area contributed by atoms with E-state index in [-0.39, 0.29) is 10.8 Å². The van der Waals surface area contributed by atoms with Crippen LogP contribution in [0.2, 0.25) is 0 Å². The van der Waals surface area contributed by atoms with Crippen molar-refractivity contribution in [3.8, 4) is 0 Å². The van der Waals surface area contributed by atoms with Gasteiger partial charge in [-0.05, 0) is 326 Å². The van der Waals surface area contributed by atoms with Crippen molar-refractivity contribution in [3.63, 3.8) is 0 Å². The molecule has 0 bridgehead atoms. The van der Waals surface area contributed by atoms with E-state index < -0.39 is 30.0 Å². The zero-order chi connectivity index (χ0) is 90.9. The van der Waals surface area contributed by atoms with Gasteiger partial charge in [-0.15, -0.1) is 0 Å². The molecular formula is C110H128N9O6S2+. The number of benzene rings is 11. The number of hydrogen-bond donors (Lipinski definition) is 3. The van der Waals surface area contributed by atoms with Crippen LogP contribution in [0.3, 0.4) is 0 Å². The third kappa shape index (κ3) is 22.8. The molecule has 0 heterocycles. The maximum absolute atomic E-state index is 11.2. The van der Waals surface area contributed by atoms with Crippen LogP contribution in [-0.4, -0.2) is 141 Å². The van der Waals surface area contributed by atoms with Gasteiger partial charge in [0.15, 0.2) is 0 Å². The zero-order valence-electron chi connectivity index (χ0n) is 77.2. The average Bonchev–Trinajstić information content (AvgIpc) is 0.781. The van der Waals surface area contributed by atoms with Gasteiger partial charge >= 0.3 is 0 Å². The van der Waals surface area contributed by atoms with E-state index in [9.17, 15) is 25.9 Å². The van der Waals surface area contributed by atoms with Crippen molar-refractivity contribution in [2.24, 2.45) is 0 Å². The quantitative estimate of drug-likeness (QED) is 0.0379. The van der Waals surface area contributed by atoms with Gasteiger partial charge in [0.1, 0.15) is 39.9 Å². The molecule has 0 aromatic heterocycles. The van der Waals surface area contributed by atoms with Crippen molar-refractivity contribution in [2.75, 3.05) is 128 Å². The van der Waals surface area contributed by atoms with Crippen LogP contribution in [0.4, 0.5) is 34.1 Å². The molecule has 3 aliphatic rings. The van der Waals surface area contributed by atoms with Gasteiger partial charge in [-0.25, -0.2) is 31.8 Å². The van der Waals surface area contributed by atoms with Gasteiger partial charge < -0.3 is 38.5 Å². The molecule has 0 fully saturated rings. The largest absolute Gasteiger partial charge is 0.744 e. The molecule has 15 nitrogen and oxygen atoms in total. The van der Waals surface area contributed by atoms with E-state index in [0.29, 0.717) is 6.07 Å². The first kappa shape index (κ1) is 95.4. The third-order valence-corrected chi connectivity index (χ3v) is 25.7. The number of nitrogens with zero attached hydrogens (tertiary/aromatic N) is 6. The lowest BCUT2D eigenvalue weighted by Gasteiger charge is -2.24. The summed E-state index contributed by atoms with van der Waals surface area (Å²) in [4.78, 5) is 23.5. The Labute approximate surface area is 757 Å². The van der Waals surface area contributed by atoms with Crippen LogP contribution in [-0.2, 0) is 20.2 Å². The molecule has 3 aliphatic carbocycles. The Morgan fingerprint density at radius 1 is 0.268 bits per heavy atom. The summed E-state index contributed by atoms with van der Waals surface area (Å²) >= 11 is 0. The van der Waals surface area contributed by atoms with Gasteiger partial charge in [0.25, 0.3) is 0 Å². The number of fused-ring (bicyclic) bond motifs is 4. The normalized spacial score (nSPS) is 13.5. The average molecular weight is 1740 g/mol. The number of anilines is 6. The Morgan fingerprint density at radius 2 is 0.496 bits per heavy atom. The molecule has 11 aromatic carbocycles. The van der Waals surface area contributed by atoms with Crippen LogP contribution in [0.15, 0.2) is 295 Å². The van der Waals surface area contributed by atoms with Gasteiger partial charge in [0.2, 0.25) is 17.1 Å². The predicted octanol–water partition coefficient (Wildman–Crippen LogP) is 18.3. The lowest BCUT2D eigenvalue weighted by Crippen LogP contribution is -2.72. The molecule has 17 heteroatoms. The first-order chi connectivity index (χ1) is 61.5. The van der Waals surface area contributed by atoms with Gasteiger partial charge in [-0.1, -0.05) is 151 Å². The maximum atomic E-state index is 11.2. The highest BCUT2D eigenvalue weighted by atomic mass is 32.2. The summed E-state index contributed by atoms with van der Waals surface area (Å²) in [6, 6.07) is 87.0. The molecule has 0 atom stereocenters. The number of allylic oxidation sites excluding steroid dienone is 9. The number of rotatable bonds is 29. The fraction of sp³-hybridized carbons (Fsp3) is 0.282. The first-order valence-corrected chi connectivity index (χ1v) is 48.3. The van der Waals surface area contributed by atoms with Crippen molar-refractivity contribution in [1.82, 2.24) is 0 Å². The van der Waals surface area contributed by atoms with Gasteiger partial charge in [-0.3, -0.25) is 0 Å². The van der Waals surface area contributed by atoms with Gasteiger partial charge in [0.05, 0.1) is 26.5 Å². The maximum Gasteiger partial charge on any atom is 0.206 e. The molecule has 0 saturated carbocycles. The van der Waals surface area contributed by atoms with Crippen molar-refractivity contribution in [2.45, 2.75) is 121 Å². The number of hydrogen-bond acceptors (Lipinski definition) is 12. The number of aryl methyl sites for hydroxylation is 1. The second-order valence-corrected chi connectivity index (χ2v) is 33.9. The van der Waals surface area contributed by atoms with Gasteiger partial charge in [-0.2, -0.15) is 0 Å². The standard InChI is InChI=1S/3C33H39N3.C11H10O6S2/c3*1-6-34-32-24-23-31(29-13-11-12-14-30(29)32)33(25-15-19-27(20-16-25)35(7-2)8-3)26-17-21-28(22-18-26)36(9-4)10-5;1-7-2-3-10-8(4-7)5-9(18(12,13)14)6-11(10)19(15,16)17/h3*11-24H,6-10H2,1-5H3;2-6H,1H3,(H,12,13,14)(H,15,16,17)/p+1. The van der Waals surface area contributed by atoms with E-state index in [4.69, 9.17) is 0 Å². The molecule has 11 aromatic rings. The Kier molecular flexibility index (Phi) is 34.0. The SMILES string of the molecule is CC[NH+]=C1C=CC(=C(c2ccc(N(CC)CC)cc2)c2ccc(N(CC)CC)cc2)c2ccccc21.CC[NH+]=C1C=CC(=C(c2ccc(N(CC)CC)cc2)c2ccc(N(CC)CC)cc2)c2ccccc21.CC[NH+]=C1C=CC(=C(c2ccc(N(CC)CC)cc2)c2ccc(N(CC)CC)cc2)c2ccccc21.Cc1ccc2c(S(=O)(=O)[O-])cc(S(=O)(=O)[O-])cc2c1. The Hall–Kier alpha value is -12.3. The van der Waals surface area contributed by atoms with Crippen molar-refractivity contribution >= 4 is 116 Å². The summed E-state index contributed by atoms with van der Waals surface area (Å²) in [6.45, 7) is 49.5. The summed E-state index contributed by atoms with van der Waals surface area (Å²) in [5.74, 6) is 0. The van der Waals surface area contributed by atoms with Crippen LogP contribution in [0.5, 0.6) is 0 Å². The highest BCUT2D eigenvalue weighted by Crippen LogP contribution is 2.43. The highest BCUT2D eigenvalue weighted by Gasteiger charge is 2.28. The molecule has 0 aliphatic heterocycles. The molecule has 0 saturated heterocycles. The molecule has 0 unspecified atom stereocenters. The van der Waals surface area contributed by atoms with E-state index in [1.54, 1.807) is 13.0 Å². The molecule has 0 radical (unpaired) electrons. The van der Waals surface area contributed by atoms with Crippen LogP contribution >= 0.6 is 0 Å². The minimum Gasteiger partial charge on any atom is -0.744 e. The second kappa shape index (κ2) is 45.3. The van der Waals surface area contributed by atoms with E-state index in [1.807, 2.05) is 0 Å². The lowest BCUT2D eigenvalue weighted by molar-refractivity contribution is -0.451. The third-order valence-electron chi connectivity index (χ3n) is 24.0. The minimum atomic E-state index is -4.88. The Morgan fingerprint density at radius 3 is 0.701 bits per heavy atom. The van der Waals surface area contributed by atoms with Crippen LogP contribution < -0.4 is 44.4 Å². The fourth-order valence-electron chi connectivity index (χ4n) is 17.4. The Balaban J connectivity index is 0.000000168. The Bertz CT molecular complexity index is 5450. The van der Waals surface area contributed by atoms with Crippen LogP contribution in [0, 0.1) is 6.92 Å². The minimum absolute atomic E-state index is 0.0907. The molecule has 3 N–H and O–H groups in total. The van der Waals surface area contributed by atoms with Crippen molar-refractivity contribution in [3.05, 3.63) is 358 Å². The first-order valence-electron chi connectivity index (χ1n) is 45.5. The lowest BCUT2D eigenvalue weighted by atomic mass is 9.83. The summed E-state index contributed by atoms with van der Waals surface area (Å²) in [5, 5.41) is 0.305. The molecule has 0 spiro atoms. The summed E-state index contributed by atoms with van der Waals surface area (Å²) in [6.07, 6.45) is 13.5. The monoisotopic (exact) mass is 1730 g/mol. The highest BCUT2D eigenvalue weighted by molar-refractivity contribution is 7.86. The predicted molar refractivity (Wildman–Crippen MR) is 536 cm³/mol. The summed E-state index contributed by atoms with van der Waals surface area (Å²) in [7, 11) is -9.72. The van der Waals surface area contributed by atoms with Crippen molar-refractivity contribution in [1.29, 1.82) is 0 Å². The summed E-state index contributed by atoms with van der Waals surface area (Å²) in [5.41, 5.74) is 34.5. The van der Waals surface area contributed by atoms with Crippen molar-refractivity contribution < 1.29 is 40.9 Å². The van der Waals surface area contributed by atoms with Crippen LogP contribution in [0.1, 0.15) is 176 Å². The number of nitrogens with one attached hydrogen (secondary N) is 3. The second-order valence-electron chi connectivity index (χ2n) is 31.2. The molecule has 660 valence electrons. The van der Waals surface area contributed by atoms with Crippen LogP contribution in [0.25, 0.3) is 44.2 Å². The van der Waals surface area contributed by atoms with E-state index in [0.717, 1.165) is 110 Å². The molecule has 127 heavy (non-hydrogen) atoms.